The lowest BCUT2D eigenvalue weighted by Crippen LogP contribution is -2.41. The Bertz CT molecular complexity index is 1210. The van der Waals surface area contributed by atoms with Crippen molar-refractivity contribution in [3.05, 3.63) is 81.6 Å². The molecule has 1 aromatic heterocycles. The lowest BCUT2D eigenvalue weighted by Gasteiger charge is -2.40. The molecule has 1 saturated heterocycles. The van der Waals surface area contributed by atoms with Crippen LogP contribution in [0.5, 0.6) is 0 Å². The van der Waals surface area contributed by atoms with Crippen LogP contribution in [0.25, 0.3) is 11.3 Å². The molecule has 2 aliphatic rings. The Morgan fingerprint density at radius 3 is 2.42 bits per heavy atom. The normalized spacial score (nSPS) is 21.8. The highest BCUT2D eigenvalue weighted by molar-refractivity contribution is 6.30. The van der Waals surface area contributed by atoms with Crippen molar-refractivity contribution in [3.8, 4) is 11.3 Å². The van der Waals surface area contributed by atoms with Crippen molar-refractivity contribution in [2.24, 2.45) is 5.73 Å². The van der Waals surface area contributed by atoms with Gasteiger partial charge in [0, 0.05) is 47.4 Å². The molecule has 2 aromatic carbocycles. The Hall–Kier alpha value is -2.09. The molecule has 2 heterocycles. The maximum absolute atomic E-state index is 12.8. The summed E-state index contributed by atoms with van der Waals surface area (Å²) in [6.45, 7) is 3.82. The molecular weight excluding hydrogens is 519 g/mol. The third-order valence-electron chi connectivity index (χ3n) is 7.43. The van der Waals surface area contributed by atoms with Crippen LogP contribution < -0.4 is 16.2 Å². The summed E-state index contributed by atoms with van der Waals surface area (Å²) in [5.41, 5.74) is 10.3. The molecule has 0 bridgehead atoms. The molecule has 36 heavy (non-hydrogen) atoms. The number of rotatable bonds is 5. The van der Waals surface area contributed by atoms with Gasteiger partial charge in [0.2, 0.25) is 0 Å². The monoisotopic (exact) mass is 550 g/mol. The molecule has 9 heteroatoms. The van der Waals surface area contributed by atoms with Crippen LogP contribution in [0, 0.1) is 0 Å². The zero-order valence-corrected chi connectivity index (χ0v) is 22.5. The first kappa shape index (κ1) is 28.5. The van der Waals surface area contributed by atoms with E-state index in [4.69, 9.17) is 27.2 Å². The van der Waals surface area contributed by atoms with E-state index in [0.717, 1.165) is 74.0 Å². The maximum Gasteiger partial charge on any atom is 0.267 e. The molecule has 0 unspecified atom stereocenters. The zero-order chi connectivity index (χ0) is 23.5. The van der Waals surface area contributed by atoms with Gasteiger partial charge in [0.15, 0.2) is 0 Å². The van der Waals surface area contributed by atoms with Crippen LogP contribution >= 0.6 is 36.4 Å². The highest BCUT2D eigenvalue weighted by Crippen LogP contribution is 2.42. The Kier molecular flexibility index (Phi) is 9.84. The molecule has 0 spiro atoms. The summed E-state index contributed by atoms with van der Waals surface area (Å²) in [5, 5.41) is 5.56. The summed E-state index contributed by atoms with van der Waals surface area (Å²) >= 11 is 6.26. The molecule has 1 aliphatic carbocycles. The van der Waals surface area contributed by atoms with E-state index in [1.807, 2.05) is 24.3 Å². The zero-order valence-electron chi connectivity index (χ0n) is 20.1. The molecular formula is C27H33Cl3N4O2. The van der Waals surface area contributed by atoms with Crippen LogP contribution in [0.3, 0.4) is 0 Å². The van der Waals surface area contributed by atoms with Crippen LogP contribution in [0.15, 0.2) is 65.5 Å². The minimum Gasteiger partial charge on any atom is -0.378 e. The number of hydrogen-bond acceptors (Lipinski definition) is 5. The van der Waals surface area contributed by atoms with Gasteiger partial charge in [-0.3, -0.25) is 4.79 Å². The molecule has 2 N–H and O–H groups in total. The van der Waals surface area contributed by atoms with Crippen molar-refractivity contribution in [2.45, 2.75) is 37.1 Å². The van der Waals surface area contributed by atoms with Gasteiger partial charge in [-0.05, 0) is 61.6 Å². The van der Waals surface area contributed by atoms with Crippen molar-refractivity contribution in [1.29, 1.82) is 0 Å². The highest BCUT2D eigenvalue weighted by Gasteiger charge is 2.37. The summed E-state index contributed by atoms with van der Waals surface area (Å²) in [4.78, 5) is 15.1. The van der Waals surface area contributed by atoms with Gasteiger partial charge in [0.25, 0.3) is 5.56 Å². The Morgan fingerprint density at radius 1 is 1.00 bits per heavy atom. The molecule has 0 amide bonds. The summed E-state index contributed by atoms with van der Waals surface area (Å²) in [6.07, 6.45) is 3.51. The van der Waals surface area contributed by atoms with Crippen molar-refractivity contribution < 1.29 is 4.74 Å². The van der Waals surface area contributed by atoms with Gasteiger partial charge in [-0.2, -0.15) is 5.10 Å². The van der Waals surface area contributed by atoms with Gasteiger partial charge >= 0.3 is 0 Å². The number of aromatic nitrogens is 2. The van der Waals surface area contributed by atoms with Gasteiger partial charge in [-0.15, -0.1) is 24.8 Å². The smallest absolute Gasteiger partial charge is 0.267 e. The predicted octanol–water partition coefficient (Wildman–Crippen LogP) is 5.26. The third-order valence-corrected chi connectivity index (χ3v) is 7.66. The topological polar surface area (TPSA) is 73.4 Å². The fourth-order valence-electron chi connectivity index (χ4n) is 5.35. The van der Waals surface area contributed by atoms with Gasteiger partial charge < -0.3 is 15.4 Å². The first-order valence-electron chi connectivity index (χ1n) is 12.1. The lowest BCUT2D eigenvalue weighted by molar-refractivity contribution is 0.122. The number of benzene rings is 2. The van der Waals surface area contributed by atoms with Crippen molar-refractivity contribution in [1.82, 2.24) is 9.78 Å². The van der Waals surface area contributed by atoms with Crippen molar-refractivity contribution in [2.75, 3.05) is 37.7 Å². The molecule has 3 aromatic rings. The van der Waals surface area contributed by atoms with E-state index in [1.165, 1.54) is 5.56 Å². The molecule has 1 aliphatic heterocycles. The van der Waals surface area contributed by atoms with E-state index in [-0.39, 0.29) is 41.8 Å². The van der Waals surface area contributed by atoms with Crippen LogP contribution in [0.4, 0.5) is 5.69 Å². The van der Waals surface area contributed by atoms with Crippen molar-refractivity contribution in [3.63, 3.8) is 0 Å². The Balaban J connectivity index is 0.00000180. The molecule has 6 nitrogen and oxygen atoms in total. The quantitative estimate of drug-likeness (QED) is 0.469. The van der Waals surface area contributed by atoms with Crippen molar-refractivity contribution >= 4 is 42.1 Å². The molecule has 2 fully saturated rings. The van der Waals surface area contributed by atoms with Gasteiger partial charge in [0.1, 0.15) is 0 Å². The number of ether oxygens (including phenoxy) is 1. The second-order valence-corrected chi connectivity index (χ2v) is 9.81. The minimum atomic E-state index is -0.102. The number of halogens is 3. The maximum atomic E-state index is 12.8. The average molecular weight is 552 g/mol. The van der Waals surface area contributed by atoms with E-state index in [0.29, 0.717) is 6.54 Å². The fourth-order valence-corrected chi connectivity index (χ4v) is 5.54. The molecule has 0 atom stereocenters. The number of morpholine rings is 1. The summed E-state index contributed by atoms with van der Waals surface area (Å²) in [7, 11) is 0. The molecule has 1 saturated carbocycles. The van der Waals surface area contributed by atoms with Crippen LogP contribution in [0.2, 0.25) is 5.02 Å². The number of anilines is 1. The average Bonchev–Trinajstić information content (AvgIpc) is 2.90. The first-order chi connectivity index (χ1) is 16.6. The van der Waals surface area contributed by atoms with E-state index in [9.17, 15) is 4.79 Å². The van der Waals surface area contributed by atoms with Gasteiger partial charge in [0.05, 0.1) is 24.9 Å². The SMILES string of the molecule is Cl.Cl.NCC1(c2cccc(Cl)c2)CCC(n2nc(-c3cccc(N4CCOCC4)c3)ccc2=O)CC1. The third kappa shape index (κ3) is 5.90. The number of hydrogen-bond donors (Lipinski definition) is 1. The fraction of sp³-hybridized carbons (Fsp3) is 0.407. The first-order valence-corrected chi connectivity index (χ1v) is 12.4. The van der Waals surface area contributed by atoms with Crippen LogP contribution in [0.1, 0.15) is 37.3 Å². The van der Waals surface area contributed by atoms with E-state index in [1.54, 1.807) is 10.7 Å². The molecule has 0 radical (unpaired) electrons. The highest BCUT2D eigenvalue weighted by atomic mass is 35.5. The Labute approximate surface area is 229 Å². The summed E-state index contributed by atoms with van der Waals surface area (Å²) in [6, 6.07) is 19.9. The standard InChI is InChI=1S/C27H31ClN4O2.2ClH/c28-22-5-2-4-21(18-22)27(19-29)11-9-23(10-12-27)32-26(33)8-7-25(30-32)20-3-1-6-24(17-20)31-13-15-34-16-14-31;;/h1-8,17-18,23H,9-16,19,29H2;2*1H. The largest absolute Gasteiger partial charge is 0.378 e. The minimum absolute atomic E-state index is 0. The van der Waals surface area contributed by atoms with E-state index >= 15 is 0 Å². The Morgan fingerprint density at radius 2 is 1.72 bits per heavy atom. The van der Waals surface area contributed by atoms with E-state index < -0.39 is 0 Å². The number of nitrogens with two attached hydrogens (primary N) is 1. The summed E-state index contributed by atoms with van der Waals surface area (Å²) < 4.78 is 7.17. The van der Waals surface area contributed by atoms with Gasteiger partial charge in [-0.25, -0.2) is 4.68 Å². The van der Waals surface area contributed by atoms with Crippen LogP contribution in [-0.4, -0.2) is 42.6 Å². The predicted molar refractivity (Wildman–Crippen MR) is 151 cm³/mol. The molecule has 194 valence electrons. The number of nitrogens with zero attached hydrogens (tertiary/aromatic N) is 3. The summed E-state index contributed by atoms with van der Waals surface area (Å²) in [5.74, 6) is 0. The van der Waals surface area contributed by atoms with Gasteiger partial charge in [-0.1, -0.05) is 35.9 Å². The lowest BCUT2D eigenvalue weighted by atomic mass is 9.68. The van der Waals surface area contributed by atoms with E-state index in [2.05, 4.69) is 35.2 Å². The molecule has 5 rings (SSSR count). The van der Waals surface area contributed by atoms with Crippen LogP contribution in [-0.2, 0) is 10.2 Å². The second kappa shape index (κ2) is 12.4. The second-order valence-electron chi connectivity index (χ2n) is 9.38.